The van der Waals surface area contributed by atoms with Crippen LogP contribution in [0.4, 0.5) is 0 Å². The maximum absolute atomic E-state index is 5.00. The van der Waals surface area contributed by atoms with Gasteiger partial charge in [0.05, 0.1) is 6.61 Å². The van der Waals surface area contributed by atoms with Crippen molar-refractivity contribution in [2.75, 3.05) is 46.4 Å². The number of nitrogens with one attached hydrogen (secondary N) is 1. The summed E-state index contributed by atoms with van der Waals surface area (Å²) in [5.41, 5.74) is 0. The van der Waals surface area contributed by atoms with Gasteiger partial charge in [-0.1, -0.05) is 6.08 Å². The molecule has 0 unspecified atom stereocenters. The maximum Gasteiger partial charge on any atom is 0.0587 e. The maximum atomic E-state index is 5.00. The van der Waals surface area contributed by atoms with Crippen molar-refractivity contribution in [1.82, 2.24) is 10.2 Å². The summed E-state index contributed by atoms with van der Waals surface area (Å²) in [6.45, 7) is 10.2. The first-order valence-corrected chi connectivity index (χ1v) is 5.89. The number of nitrogens with zero attached hydrogens (tertiary/aromatic N) is 1. The number of ether oxygens (including phenoxy) is 1. The van der Waals surface area contributed by atoms with Gasteiger partial charge in [-0.05, 0) is 38.4 Å². The van der Waals surface area contributed by atoms with E-state index in [0.717, 1.165) is 32.2 Å². The van der Waals surface area contributed by atoms with Crippen LogP contribution in [0.25, 0.3) is 0 Å². The summed E-state index contributed by atoms with van der Waals surface area (Å²) < 4.78 is 5.00. The molecule has 0 radical (unpaired) electrons. The van der Waals surface area contributed by atoms with Gasteiger partial charge in [0.2, 0.25) is 0 Å². The van der Waals surface area contributed by atoms with Crippen molar-refractivity contribution in [2.45, 2.75) is 12.8 Å². The largest absolute Gasteiger partial charge is 0.383 e. The van der Waals surface area contributed by atoms with Crippen molar-refractivity contribution in [3.05, 3.63) is 12.7 Å². The van der Waals surface area contributed by atoms with E-state index in [0.29, 0.717) is 0 Å². The molecule has 1 aliphatic heterocycles. The van der Waals surface area contributed by atoms with Gasteiger partial charge in [-0.15, -0.1) is 6.58 Å². The molecule has 0 spiro atoms. The number of piperidine rings is 1. The Morgan fingerprint density at radius 2 is 2.20 bits per heavy atom. The van der Waals surface area contributed by atoms with Crippen LogP contribution >= 0.6 is 0 Å². The molecule has 1 fully saturated rings. The fraction of sp³-hybridized carbons (Fsp3) is 0.833. The van der Waals surface area contributed by atoms with Crippen molar-refractivity contribution in [3.8, 4) is 0 Å². The Bertz CT molecular complexity index is 165. The van der Waals surface area contributed by atoms with Gasteiger partial charge in [0, 0.05) is 20.2 Å². The third-order valence-corrected chi connectivity index (χ3v) is 3.01. The predicted octanol–water partition coefficient (Wildman–Crippen LogP) is 1.12. The molecule has 1 N–H and O–H groups in total. The van der Waals surface area contributed by atoms with E-state index in [1.165, 1.54) is 25.9 Å². The van der Waals surface area contributed by atoms with Gasteiger partial charge in [0.15, 0.2) is 0 Å². The SMILES string of the molecule is C=CCN1CCC(CNCCOC)CC1. The molecular formula is C12H24N2O. The van der Waals surface area contributed by atoms with Gasteiger partial charge in [-0.3, -0.25) is 4.90 Å². The van der Waals surface area contributed by atoms with Crippen molar-refractivity contribution in [1.29, 1.82) is 0 Å². The minimum atomic E-state index is 0.815. The summed E-state index contributed by atoms with van der Waals surface area (Å²) in [5, 5.41) is 3.44. The molecule has 15 heavy (non-hydrogen) atoms. The Morgan fingerprint density at radius 1 is 1.47 bits per heavy atom. The van der Waals surface area contributed by atoms with E-state index in [4.69, 9.17) is 4.74 Å². The molecule has 1 rings (SSSR count). The van der Waals surface area contributed by atoms with Crippen LogP contribution < -0.4 is 5.32 Å². The zero-order valence-electron chi connectivity index (χ0n) is 9.87. The molecule has 0 aromatic rings. The van der Waals surface area contributed by atoms with Gasteiger partial charge in [-0.2, -0.15) is 0 Å². The average molecular weight is 212 g/mol. The second-order valence-electron chi connectivity index (χ2n) is 4.23. The minimum Gasteiger partial charge on any atom is -0.383 e. The number of methoxy groups -OCH3 is 1. The van der Waals surface area contributed by atoms with Gasteiger partial charge < -0.3 is 10.1 Å². The van der Waals surface area contributed by atoms with E-state index in [2.05, 4.69) is 16.8 Å². The van der Waals surface area contributed by atoms with E-state index in [9.17, 15) is 0 Å². The Kier molecular flexibility index (Phi) is 6.64. The Balaban J connectivity index is 2.01. The summed E-state index contributed by atoms with van der Waals surface area (Å²) in [6.07, 6.45) is 4.62. The fourth-order valence-electron chi connectivity index (χ4n) is 2.04. The highest BCUT2D eigenvalue weighted by molar-refractivity contribution is 4.79. The Labute approximate surface area is 93.5 Å². The van der Waals surface area contributed by atoms with Crippen LogP contribution in [-0.2, 0) is 4.74 Å². The van der Waals surface area contributed by atoms with Crippen molar-refractivity contribution >= 4 is 0 Å². The van der Waals surface area contributed by atoms with Crippen LogP contribution in [0.5, 0.6) is 0 Å². The minimum absolute atomic E-state index is 0.815. The van der Waals surface area contributed by atoms with Crippen LogP contribution in [0.3, 0.4) is 0 Å². The highest BCUT2D eigenvalue weighted by Crippen LogP contribution is 2.15. The standard InChI is InChI=1S/C12H24N2O/c1-3-7-14-8-4-12(5-9-14)11-13-6-10-15-2/h3,12-13H,1,4-11H2,2H3. The lowest BCUT2D eigenvalue weighted by molar-refractivity contribution is 0.182. The molecule has 0 bridgehead atoms. The summed E-state index contributed by atoms with van der Waals surface area (Å²) in [5.74, 6) is 0.850. The topological polar surface area (TPSA) is 24.5 Å². The monoisotopic (exact) mass is 212 g/mol. The number of hydrogen-bond acceptors (Lipinski definition) is 3. The number of rotatable bonds is 7. The van der Waals surface area contributed by atoms with Gasteiger partial charge in [-0.25, -0.2) is 0 Å². The molecule has 0 aromatic carbocycles. The lowest BCUT2D eigenvalue weighted by Gasteiger charge is -2.31. The first kappa shape index (κ1) is 12.7. The first-order chi connectivity index (χ1) is 7.36. The first-order valence-electron chi connectivity index (χ1n) is 5.89. The van der Waals surface area contributed by atoms with Crippen LogP contribution in [-0.4, -0.2) is 51.3 Å². The molecule has 1 saturated heterocycles. The number of hydrogen-bond donors (Lipinski definition) is 1. The van der Waals surface area contributed by atoms with E-state index in [-0.39, 0.29) is 0 Å². The van der Waals surface area contributed by atoms with Crippen molar-refractivity contribution < 1.29 is 4.74 Å². The third kappa shape index (κ3) is 5.30. The molecule has 3 heteroatoms. The van der Waals surface area contributed by atoms with Crippen molar-refractivity contribution in [3.63, 3.8) is 0 Å². The Hall–Kier alpha value is -0.380. The fourth-order valence-corrected chi connectivity index (χ4v) is 2.04. The van der Waals surface area contributed by atoms with Crippen LogP contribution in [0.2, 0.25) is 0 Å². The lowest BCUT2D eigenvalue weighted by atomic mass is 9.97. The summed E-state index contributed by atoms with van der Waals surface area (Å²) in [4.78, 5) is 2.47. The molecule has 1 heterocycles. The van der Waals surface area contributed by atoms with Crippen LogP contribution in [0.1, 0.15) is 12.8 Å². The molecule has 0 amide bonds. The van der Waals surface area contributed by atoms with Crippen molar-refractivity contribution in [2.24, 2.45) is 5.92 Å². The quantitative estimate of drug-likeness (QED) is 0.505. The third-order valence-electron chi connectivity index (χ3n) is 3.01. The van der Waals surface area contributed by atoms with E-state index in [1.54, 1.807) is 7.11 Å². The normalized spacial score (nSPS) is 19.3. The zero-order valence-corrected chi connectivity index (χ0v) is 9.87. The summed E-state index contributed by atoms with van der Waals surface area (Å²) in [7, 11) is 1.75. The van der Waals surface area contributed by atoms with Gasteiger partial charge in [0.1, 0.15) is 0 Å². The van der Waals surface area contributed by atoms with Crippen LogP contribution in [0, 0.1) is 5.92 Å². The predicted molar refractivity (Wildman–Crippen MR) is 64.1 cm³/mol. The average Bonchev–Trinajstić information content (AvgIpc) is 2.27. The molecule has 1 aliphatic rings. The van der Waals surface area contributed by atoms with E-state index in [1.807, 2.05) is 6.08 Å². The smallest absolute Gasteiger partial charge is 0.0587 e. The van der Waals surface area contributed by atoms with Crippen LogP contribution in [0.15, 0.2) is 12.7 Å². The second-order valence-corrected chi connectivity index (χ2v) is 4.23. The molecule has 0 aliphatic carbocycles. The highest BCUT2D eigenvalue weighted by Gasteiger charge is 2.17. The highest BCUT2D eigenvalue weighted by atomic mass is 16.5. The van der Waals surface area contributed by atoms with Gasteiger partial charge in [0.25, 0.3) is 0 Å². The van der Waals surface area contributed by atoms with E-state index < -0.39 is 0 Å². The Morgan fingerprint density at radius 3 is 2.80 bits per heavy atom. The lowest BCUT2D eigenvalue weighted by Crippen LogP contribution is -2.37. The molecular weight excluding hydrogens is 188 g/mol. The molecule has 88 valence electrons. The molecule has 0 atom stereocenters. The van der Waals surface area contributed by atoms with E-state index >= 15 is 0 Å². The molecule has 0 saturated carbocycles. The zero-order chi connectivity index (χ0) is 10.9. The molecule has 3 nitrogen and oxygen atoms in total. The summed E-state index contributed by atoms with van der Waals surface area (Å²) >= 11 is 0. The number of likely N-dealkylation sites (tertiary alicyclic amines) is 1. The second kappa shape index (κ2) is 7.85. The summed E-state index contributed by atoms with van der Waals surface area (Å²) in [6, 6.07) is 0. The van der Waals surface area contributed by atoms with Gasteiger partial charge >= 0.3 is 0 Å². The molecule has 0 aromatic heterocycles.